The maximum absolute atomic E-state index is 12.2. The Labute approximate surface area is 154 Å². The van der Waals surface area contributed by atoms with Crippen LogP contribution in [0.1, 0.15) is 30.8 Å². The standard InChI is InChI=1S/C16H21N7O2S/c1-3-4-12-9-14(24)23-15(18-12)26-16(19-23)22-7-5-21(6-8-22)10-13-17-11(2)25-20-13/h9H,3-8,10H2,1-2H3. The highest BCUT2D eigenvalue weighted by Crippen LogP contribution is 2.23. The molecule has 9 nitrogen and oxygen atoms in total. The maximum Gasteiger partial charge on any atom is 0.275 e. The van der Waals surface area contributed by atoms with Gasteiger partial charge in [0.15, 0.2) is 5.82 Å². The van der Waals surface area contributed by atoms with Gasteiger partial charge in [-0.05, 0) is 6.42 Å². The van der Waals surface area contributed by atoms with Crippen molar-refractivity contribution in [2.75, 3.05) is 31.1 Å². The first-order valence-corrected chi connectivity index (χ1v) is 9.60. The van der Waals surface area contributed by atoms with E-state index in [1.807, 2.05) is 0 Å². The summed E-state index contributed by atoms with van der Waals surface area (Å²) in [5.74, 6) is 1.31. The van der Waals surface area contributed by atoms with Crippen molar-refractivity contribution < 1.29 is 4.52 Å². The van der Waals surface area contributed by atoms with E-state index in [0.29, 0.717) is 17.4 Å². The van der Waals surface area contributed by atoms with Gasteiger partial charge in [0.05, 0.1) is 6.54 Å². The summed E-state index contributed by atoms with van der Waals surface area (Å²) in [6.45, 7) is 8.01. The van der Waals surface area contributed by atoms with E-state index in [1.165, 1.54) is 15.9 Å². The van der Waals surface area contributed by atoms with Gasteiger partial charge in [0, 0.05) is 44.9 Å². The fourth-order valence-electron chi connectivity index (χ4n) is 3.06. The highest BCUT2D eigenvalue weighted by molar-refractivity contribution is 7.20. The second-order valence-electron chi connectivity index (χ2n) is 6.41. The molecule has 0 spiro atoms. The van der Waals surface area contributed by atoms with Crippen LogP contribution in [0.4, 0.5) is 5.13 Å². The molecule has 3 aromatic heterocycles. The molecule has 1 aliphatic rings. The maximum atomic E-state index is 12.2. The van der Waals surface area contributed by atoms with E-state index >= 15 is 0 Å². The zero-order valence-electron chi connectivity index (χ0n) is 14.9. The smallest absolute Gasteiger partial charge is 0.275 e. The van der Waals surface area contributed by atoms with Gasteiger partial charge in [0.25, 0.3) is 5.56 Å². The lowest BCUT2D eigenvalue weighted by Crippen LogP contribution is -2.46. The van der Waals surface area contributed by atoms with Gasteiger partial charge in [-0.25, -0.2) is 4.98 Å². The molecule has 0 radical (unpaired) electrons. The summed E-state index contributed by atoms with van der Waals surface area (Å²) in [6.07, 6.45) is 1.78. The van der Waals surface area contributed by atoms with Crippen LogP contribution in [0.3, 0.4) is 0 Å². The van der Waals surface area contributed by atoms with E-state index in [-0.39, 0.29) is 5.56 Å². The van der Waals surface area contributed by atoms with Crippen LogP contribution in [-0.2, 0) is 13.0 Å². The third-order valence-corrected chi connectivity index (χ3v) is 5.34. The van der Waals surface area contributed by atoms with Crippen LogP contribution in [-0.4, -0.2) is 55.8 Å². The first-order valence-electron chi connectivity index (χ1n) is 8.78. The number of aryl methyl sites for hydroxylation is 2. The van der Waals surface area contributed by atoms with Crippen LogP contribution in [0.2, 0.25) is 0 Å². The molecule has 0 N–H and O–H groups in total. The Balaban J connectivity index is 1.45. The fraction of sp³-hybridized carbons (Fsp3) is 0.562. The number of nitrogens with zero attached hydrogens (tertiary/aromatic N) is 7. The summed E-state index contributed by atoms with van der Waals surface area (Å²) in [6, 6.07) is 1.59. The molecule has 1 saturated heterocycles. The van der Waals surface area contributed by atoms with Crippen molar-refractivity contribution >= 4 is 21.4 Å². The highest BCUT2D eigenvalue weighted by atomic mass is 32.1. The topological polar surface area (TPSA) is 92.7 Å². The Morgan fingerprint density at radius 2 is 2.04 bits per heavy atom. The molecule has 3 aromatic rings. The number of aromatic nitrogens is 5. The molecule has 1 aliphatic heterocycles. The van der Waals surface area contributed by atoms with Gasteiger partial charge >= 0.3 is 0 Å². The van der Waals surface area contributed by atoms with Crippen molar-refractivity contribution in [2.45, 2.75) is 33.2 Å². The predicted molar refractivity (Wildman–Crippen MR) is 97.7 cm³/mol. The minimum Gasteiger partial charge on any atom is -0.344 e. The molecule has 0 atom stereocenters. The molecule has 138 valence electrons. The quantitative estimate of drug-likeness (QED) is 0.655. The van der Waals surface area contributed by atoms with Gasteiger partial charge in [-0.15, -0.1) is 5.10 Å². The van der Waals surface area contributed by atoms with Gasteiger partial charge in [0.2, 0.25) is 16.0 Å². The van der Waals surface area contributed by atoms with Crippen molar-refractivity contribution in [1.82, 2.24) is 29.6 Å². The Morgan fingerprint density at radius 1 is 1.23 bits per heavy atom. The number of hydrogen-bond donors (Lipinski definition) is 0. The number of hydrogen-bond acceptors (Lipinski definition) is 9. The molecular formula is C16H21N7O2S. The summed E-state index contributed by atoms with van der Waals surface area (Å²) >= 11 is 1.47. The third kappa shape index (κ3) is 3.47. The Morgan fingerprint density at radius 3 is 2.73 bits per heavy atom. The van der Waals surface area contributed by atoms with E-state index in [4.69, 9.17) is 4.52 Å². The molecule has 4 rings (SSSR count). The van der Waals surface area contributed by atoms with E-state index in [0.717, 1.165) is 55.7 Å². The minimum absolute atomic E-state index is 0.105. The van der Waals surface area contributed by atoms with Crippen molar-refractivity contribution in [1.29, 1.82) is 0 Å². The minimum atomic E-state index is -0.105. The van der Waals surface area contributed by atoms with Crippen LogP contribution in [0.25, 0.3) is 4.96 Å². The molecule has 1 fully saturated rings. The van der Waals surface area contributed by atoms with E-state index < -0.39 is 0 Å². The monoisotopic (exact) mass is 375 g/mol. The number of fused-ring (bicyclic) bond motifs is 1. The lowest BCUT2D eigenvalue weighted by atomic mass is 10.2. The molecule has 0 unspecified atom stereocenters. The largest absolute Gasteiger partial charge is 0.344 e. The molecule has 26 heavy (non-hydrogen) atoms. The molecule has 0 saturated carbocycles. The summed E-state index contributed by atoms with van der Waals surface area (Å²) in [5.41, 5.74) is 0.736. The molecule has 0 bridgehead atoms. The summed E-state index contributed by atoms with van der Waals surface area (Å²) in [7, 11) is 0. The van der Waals surface area contributed by atoms with E-state index in [9.17, 15) is 4.79 Å². The molecular weight excluding hydrogens is 354 g/mol. The summed E-state index contributed by atoms with van der Waals surface area (Å²) in [4.78, 5) is 26.2. The second kappa shape index (κ2) is 7.12. The first-order chi connectivity index (χ1) is 12.6. The van der Waals surface area contributed by atoms with Gasteiger partial charge in [-0.2, -0.15) is 9.50 Å². The fourth-order valence-corrected chi connectivity index (χ4v) is 4.04. The van der Waals surface area contributed by atoms with Gasteiger partial charge in [0.1, 0.15) is 0 Å². The van der Waals surface area contributed by atoms with Crippen molar-refractivity contribution in [3.05, 3.63) is 33.8 Å². The first kappa shape index (κ1) is 17.1. The average molecular weight is 375 g/mol. The van der Waals surface area contributed by atoms with Crippen LogP contribution in [0.15, 0.2) is 15.4 Å². The summed E-state index contributed by atoms with van der Waals surface area (Å²) in [5, 5.41) is 9.27. The SMILES string of the molecule is CCCc1cc(=O)n2nc(N3CCN(Cc4noc(C)n4)CC3)sc2n1. The van der Waals surface area contributed by atoms with Crippen LogP contribution in [0, 0.1) is 6.92 Å². The van der Waals surface area contributed by atoms with Gasteiger partial charge in [-0.3, -0.25) is 9.69 Å². The average Bonchev–Trinajstić information content (AvgIpc) is 3.22. The molecule has 4 heterocycles. The van der Waals surface area contributed by atoms with Gasteiger partial charge in [-0.1, -0.05) is 29.8 Å². The number of rotatable bonds is 5. The lowest BCUT2D eigenvalue weighted by Gasteiger charge is -2.33. The predicted octanol–water partition coefficient (Wildman–Crippen LogP) is 1.12. The van der Waals surface area contributed by atoms with Crippen molar-refractivity contribution in [3.8, 4) is 0 Å². The zero-order chi connectivity index (χ0) is 18.1. The number of piperazine rings is 1. The number of anilines is 1. The Bertz CT molecular complexity index is 955. The zero-order valence-corrected chi connectivity index (χ0v) is 15.7. The molecule has 0 aliphatic carbocycles. The molecule has 0 amide bonds. The summed E-state index contributed by atoms with van der Waals surface area (Å²) < 4.78 is 6.43. The second-order valence-corrected chi connectivity index (χ2v) is 7.34. The van der Waals surface area contributed by atoms with E-state index in [2.05, 4.69) is 36.9 Å². The highest BCUT2D eigenvalue weighted by Gasteiger charge is 2.22. The molecule has 0 aromatic carbocycles. The van der Waals surface area contributed by atoms with E-state index in [1.54, 1.807) is 13.0 Å². The lowest BCUT2D eigenvalue weighted by molar-refractivity contribution is 0.240. The van der Waals surface area contributed by atoms with Crippen LogP contribution in [0.5, 0.6) is 0 Å². The third-order valence-electron chi connectivity index (χ3n) is 4.37. The Hall–Kier alpha value is -2.33. The van der Waals surface area contributed by atoms with Crippen molar-refractivity contribution in [3.63, 3.8) is 0 Å². The normalized spacial score (nSPS) is 15.8. The van der Waals surface area contributed by atoms with Crippen LogP contribution >= 0.6 is 11.3 Å². The Kier molecular flexibility index (Phi) is 4.68. The van der Waals surface area contributed by atoms with Crippen molar-refractivity contribution in [2.24, 2.45) is 0 Å². The van der Waals surface area contributed by atoms with Gasteiger partial charge < -0.3 is 9.42 Å². The van der Waals surface area contributed by atoms with Crippen LogP contribution < -0.4 is 10.5 Å². The molecule has 10 heteroatoms.